The lowest BCUT2D eigenvalue weighted by Gasteiger charge is -2.37. The van der Waals surface area contributed by atoms with Crippen molar-refractivity contribution in [3.8, 4) is 0 Å². The largest absolute Gasteiger partial charge is 0.384 e. The predicted molar refractivity (Wildman–Crippen MR) is 87.7 cm³/mol. The van der Waals surface area contributed by atoms with Crippen LogP contribution in [0, 0.1) is 22.2 Å². The number of hydrogen-bond donors (Lipinski definition) is 2. The Morgan fingerprint density at radius 3 is 2.14 bits per heavy atom. The standard InChI is InChI=1S/C16H30N2O2.ClH/c1-14(2)12(15(14,3)4)13(19)18-10-16(11-20-5)6-8-17-9-7-16;/h12,17H,6-11H2,1-5H3,(H,18,19);1H. The van der Waals surface area contributed by atoms with Crippen LogP contribution in [-0.2, 0) is 9.53 Å². The van der Waals surface area contributed by atoms with Crippen LogP contribution in [0.4, 0.5) is 0 Å². The molecule has 1 amide bonds. The molecular weight excluding hydrogens is 288 g/mol. The quantitative estimate of drug-likeness (QED) is 0.817. The zero-order chi connectivity index (χ0) is 15.0. The van der Waals surface area contributed by atoms with Gasteiger partial charge in [-0.25, -0.2) is 0 Å². The van der Waals surface area contributed by atoms with Gasteiger partial charge in [0.05, 0.1) is 6.61 Å². The number of carbonyl (C=O) groups excluding carboxylic acids is 1. The summed E-state index contributed by atoms with van der Waals surface area (Å²) in [6.07, 6.45) is 2.14. The van der Waals surface area contributed by atoms with Crippen LogP contribution in [0.3, 0.4) is 0 Å². The number of carbonyl (C=O) groups is 1. The summed E-state index contributed by atoms with van der Waals surface area (Å²) < 4.78 is 5.40. The van der Waals surface area contributed by atoms with Crippen molar-refractivity contribution in [2.45, 2.75) is 40.5 Å². The molecule has 2 N–H and O–H groups in total. The van der Waals surface area contributed by atoms with Crippen LogP contribution >= 0.6 is 12.4 Å². The topological polar surface area (TPSA) is 50.4 Å². The van der Waals surface area contributed by atoms with Gasteiger partial charge in [0.15, 0.2) is 0 Å². The van der Waals surface area contributed by atoms with Gasteiger partial charge in [-0.2, -0.15) is 0 Å². The summed E-state index contributed by atoms with van der Waals surface area (Å²) in [6.45, 7) is 12.2. The lowest BCUT2D eigenvalue weighted by atomic mass is 9.79. The van der Waals surface area contributed by atoms with Crippen molar-refractivity contribution in [3.63, 3.8) is 0 Å². The van der Waals surface area contributed by atoms with Crippen molar-refractivity contribution in [3.05, 3.63) is 0 Å². The van der Waals surface area contributed by atoms with Crippen molar-refractivity contribution >= 4 is 18.3 Å². The minimum absolute atomic E-state index is 0. The number of piperidine rings is 1. The summed E-state index contributed by atoms with van der Waals surface area (Å²) in [5.41, 5.74) is 0.331. The number of amides is 1. The molecule has 0 atom stereocenters. The Bertz CT molecular complexity index is 357. The van der Waals surface area contributed by atoms with Gasteiger partial charge < -0.3 is 15.4 Å². The predicted octanol–water partition coefficient (Wildman–Crippen LogP) is 2.22. The lowest BCUT2D eigenvalue weighted by Crippen LogP contribution is -2.47. The van der Waals surface area contributed by atoms with E-state index in [4.69, 9.17) is 4.74 Å². The monoisotopic (exact) mass is 318 g/mol. The zero-order valence-electron chi connectivity index (χ0n) is 14.0. The first kappa shape index (κ1) is 18.7. The van der Waals surface area contributed by atoms with E-state index in [0.717, 1.165) is 39.1 Å². The van der Waals surface area contributed by atoms with E-state index in [1.165, 1.54) is 0 Å². The Hall–Kier alpha value is -0.320. The summed E-state index contributed by atoms with van der Waals surface area (Å²) in [4.78, 5) is 12.5. The van der Waals surface area contributed by atoms with E-state index < -0.39 is 0 Å². The Labute approximate surface area is 135 Å². The molecule has 1 saturated carbocycles. The highest BCUT2D eigenvalue weighted by molar-refractivity contribution is 5.85. The van der Waals surface area contributed by atoms with Gasteiger partial charge in [-0.15, -0.1) is 12.4 Å². The molecule has 5 heteroatoms. The van der Waals surface area contributed by atoms with Crippen LogP contribution in [0.25, 0.3) is 0 Å². The van der Waals surface area contributed by atoms with Crippen LogP contribution < -0.4 is 10.6 Å². The number of ether oxygens (including phenoxy) is 1. The van der Waals surface area contributed by atoms with E-state index in [1.54, 1.807) is 7.11 Å². The van der Waals surface area contributed by atoms with E-state index in [2.05, 4.69) is 38.3 Å². The van der Waals surface area contributed by atoms with E-state index in [0.29, 0.717) is 0 Å². The second-order valence-corrected chi connectivity index (χ2v) is 7.78. The van der Waals surface area contributed by atoms with Crippen LogP contribution in [0.15, 0.2) is 0 Å². The highest BCUT2D eigenvalue weighted by Gasteiger charge is 2.68. The maximum atomic E-state index is 12.5. The molecule has 1 aliphatic carbocycles. The molecule has 0 aromatic rings. The van der Waals surface area contributed by atoms with Crippen molar-refractivity contribution in [1.29, 1.82) is 0 Å². The summed E-state index contributed by atoms with van der Waals surface area (Å²) in [5, 5.41) is 6.58. The molecule has 4 nitrogen and oxygen atoms in total. The van der Waals surface area contributed by atoms with Crippen LogP contribution in [-0.4, -0.2) is 39.3 Å². The molecule has 0 bridgehead atoms. The van der Waals surface area contributed by atoms with Crippen molar-refractivity contribution in [1.82, 2.24) is 10.6 Å². The third-order valence-electron chi connectivity index (χ3n) is 6.04. The Morgan fingerprint density at radius 2 is 1.71 bits per heavy atom. The Kier molecular flexibility index (Phi) is 5.73. The fraction of sp³-hybridized carbons (Fsp3) is 0.938. The highest BCUT2D eigenvalue weighted by Crippen LogP contribution is 2.68. The average molecular weight is 319 g/mol. The van der Waals surface area contributed by atoms with Gasteiger partial charge in [-0.3, -0.25) is 4.79 Å². The zero-order valence-corrected chi connectivity index (χ0v) is 14.9. The SMILES string of the molecule is COCC1(CNC(=O)C2C(C)(C)C2(C)C)CCNCC1.Cl. The molecule has 124 valence electrons. The fourth-order valence-corrected chi connectivity index (χ4v) is 3.86. The molecule has 0 aromatic carbocycles. The number of nitrogens with one attached hydrogen (secondary N) is 2. The molecular formula is C16H31ClN2O2. The molecule has 0 spiro atoms. The minimum atomic E-state index is 0. The number of hydrogen-bond acceptors (Lipinski definition) is 3. The molecule has 0 radical (unpaired) electrons. The first-order valence-electron chi connectivity index (χ1n) is 7.74. The van der Waals surface area contributed by atoms with Gasteiger partial charge in [-0.1, -0.05) is 27.7 Å². The van der Waals surface area contributed by atoms with Crippen LogP contribution in [0.2, 0.25) is 0 Å². The number of halogens is 1. The number of rotatable bonds is 5. The molecule has 2 aliphatic rings. The highest BCUT2D eigenvalue weighted by atomic mass is 35.5. The van der Waals surface area contributed by atoms with E-state index in [9.17, 15) is 4.79 Å². The fourth-order valence-electron chi connectivity index (χ4n) is 3.86. The van der Waals surface area contributed by atoms with Gasteiger partial charge in [0, 0.05) is 25.0 Å². The van der Waals surface area contributed by atoms with Gasteiger partial charge in [0.1, 0.15) is 0 Å². The van der Waals surface area contributed by atoms with Crippen LogP contribution in [0.5, 0.6) is 0 Å². The maximum absolute atomic E-state index is 12.5. The molecule has 2 fully saturated rings. The summed E-state index contributed by atoms with van der Waals surface area (Å²) >= 11 is 0. The van der Waals surface area contributed by atoms with E-state index in [-0.39, 0.29) is 40.5 Å². The average Bonchev–Trinajstić information content (AvgIpc) is 2.79. The third kappa shape index (κ3) is 3.38. The first-order valence-corrected chi connectivity index (χ1v) is 7.74. The van der Waals surface area contributed by atoms with Gasteiger partial charge >= 0.3 is 0 Å². The Morgan fingerprint density at radius 1 is 1.19 bits per heavy atom. The molecule has 1 saturated heterocycles. The smallest absolute Gasteiger partial charge is 0.224 e. The molecule has 0 aromatic heterocycles. The molecule has 21 heavy (non-hydrogen) atoms. The van der Waals surface area contributed by atoms with Crippen LogP contribution in [0.1, 0.15) is 40.5 Å². The maximum Gasteiger partial charge on any atom is 0.224 e. The second-order valence-electron chi connectivity index (χ2n) is 7.78. The Balaban J connectivity index is 0.00000220. The normalized spacial score (nSPS) is 25.8. The molecule has 1 heterocycles. The lowest BCUT2D eigenvalue weighted by molar-refractivity contribution is -0.124. The van der Waals surface area contributed by atoms with Crippen molar-refractivity contribution in [2.24, 2.45) is 22.2 Å². The first-order chi connectivity index (χ1) is 9.27. The molecule has 0 unspecified atom stereocenters. The van der Waals surface area contributed by atoms with E-state index >= 15 is 0 Å². The van der Waals surface area contributed by atoms with Gasteiger partial charge in [-0.05, 0) is 36.8 Å². The molecule has 2 rings (SSSR count). The minimum Gasteiger partial charge on any atom is -0.384 e. The van der Waals surface area contributed by atoms with Gasteiger partial charge in [0.25, 0.3) is 0 Å². The van der Waals surface area contributed by atoms with Crippen molar-refractivity contribution in [2.75, 3.05) is 33.4 Å². The van der Waals surface area contributed by atoms with Gasteiger partial charge in [0.2, 0.25) is 5.91 Å². The summed E-state index contributed by atoms with van der Waals surface area (Å²) in [5.74, 6) is 0.352. The van der Waals surface area contributed by atoms with E-state index in [1.807, 2.05) is 0 Å². The summed E-state index contributed by atoms with van der Waals surface area (Å²) in [7, 11) is 1.75. The number of methoxy groups -OCH3 is 1. The third-order valence-corrected chi connectivity index (χ3v) is 6.04. The van der Waals surface area contributed by atoms with Crippen molar-refractivity contribution < 1.29 is 9.53 Å². The molecule has 1 aliphatic heterocycles. The second kappa shape index (κ2) is 6.43. The summed E-state index contributed by atoms with van der Waals surface area (Å²) in [6, 6.07) is 0.